The van der Waals surface area contributed by atoms with Crippen molar-refractivity contribution >= 4 is 0 Å². The highest BCUT2D eigenvalue weighted by atomic mass is 15.2. The molecule has 1 atom stereocenters. The summed E-state index contributed by atoms with van der Waals surface area (Å²) in [6, 6.07) is 0.0602. The van der Waals surface area contributed by atoms with Gasteiger partial charge in [-0.1, -0.05) is 0 Å². The van der Waals surface area contributed by atoms with Crippen molar-refractivity contribution in [2.24, 2.45) is 5.11 Å². The van der Waals surface area contributed by atoms with E-state index in [1.54, 1.807) is 6.20 Å². The molecule has 0 aliphatic heterocycles. The summed E-state index contributed by atoms with van der Waals surface area (Å²) in [6.45, 7) is 0. The van der Waals surface area contributed by atoms with E-state index < -0.39 is 0 Å². The fraction of sp³-hybridized carbons (Fsp3) is 0.571. The molecule has 5 nitrogen and oxygen atoms in total. The summed E-state index contributed by atoms with van der Waals surface area (Å²) in [5.41, 5.74) is 8.92. The van der Waals surface area contributed by atoms with E-state index in [1.807, 2.05) is 0 Å². The van der Waals surface area contributed by atoms with Crippen molar-refractivity contribution in [3.05, 3.63) is 17.5 Å². The van der Waals surface area contributed by atoms with Crippen LogP contribution in [0, 0.1) is 5.53 Å². The van der Waals surface area contributed by atoms with Crippen LogP contribution in [0.15, 0.2) is 11.3 Å². The second-order valence-corrected chi connectivity index (χ2v) is 2.93. The second kappa shape index (κ2) is 2.87. The predicted octanol–water partition coefficient (Wildman–Crippen LogP) is 1.34. The molecule has 1 aliphatic rings. The third-order valence-corrected chi connectivity index (χ3v) is 2.21. The molecule has 0 aromatic carbocycles. The van der Waals surface area contributed by atoms with Gasteiger partial charge in [-0.2, -0.15) is 5.10 Å². The Bertz CT molecular complexity index is 322. The zero-order chi connectivity index (χ0) is 8.39. The van der Waals surface area contributed by atoms with E-state index in [0.29, 0.717) is 0 Å². The number of hydrogen-bond acceptors (Lipinski definition) is 3. The van der Waals surface area contributed by atoms with E-state index in [4.69, 9.17) is 5.53 Å². The van der Waals surface area contributed by atoms with E-state index in [0.717, 1.165) is 30.5 Å². The van der Waals surface area contributed by atoms with E-state index in [-0.39, 0.29) is 6.04 Å². The first-order valence-electron chi connectivity index (χ1n) is 4.00. The maximum Gasteiger partial charge on any atom is 0.214 e. The fourth-order valence-corrected chi connectivity index (χ4v) is 1.63. The number of rotatable bonds is 1. The first-order chi connectivity index (χ1) is 5.92. The molecule has 0 bridgehead atoms. The molecule has 5 heteroatoms. The number of aryl methyl sites for hydroxylation is 1. The molecule has 12 heavy (non-hydrogen) atoms. The van der Waals surface area contributed by atoms with Gasteiger partial charge in [0.2, 0.25) is 4.91 Å². The minimum atomic E-state index is 0.0602. The summed E-state index contributed by atoms with van der Waals surface area (Å²) in [5.74, 6) is 0. The van der Waals surface area contributed by atoms with Gasteiger partial charge in [0.1, 0.15) is 10.6 Å². The van der Waals surface area contributed by atoms with Crippen molar-refractivity contribution < 1.29 is 0 Å². The quantitative estimate of drug-likeness (QED) is 0.476. The van der Waals surface area contributed by atoms with Crippen molar-refractivity contribution in [3.63, 3.8) is 0 Å². The topological polar surface area (TPSA) is 79.0 Å². The third-order valence-electron chi connectivity index (χ3n) is 2.21. The van der Waals surface area contributed by atoms with Crippen LogP contribution in [-0.2, 0) is 6.42 Å². The van der Waals surface area contributed by atoms with Gasteiger partial charge in [-0.15, -0.1) is 0 Å². The number of aromatic nitrogens is 2. The SMILES string of the molecule is N=[N+]=N[C@H]1CCCc2[nH]ncc21. The first-order valence-corrected chi connectivity index (χ1v) is 4.00. The van der Waals surface area contributed by atoms with Crippen LogP contribution < -0.4 is 4.91 Å². The highest BCUT2D eigenvalue weighted by molar-refractivity contribution is 5.23. The lowest BCUT2D eigenvalue weighted by atomic mass is 9.94. The molecule has 0 saturated carbocycles. The summed E-state index contributed by atoms with van der Waals surface area (Å²) in [6.07, 6.45) is 4.90. The molecule has 0 amide bonds. The Morgan fingerprint density at radius 1 is 1.75 bits per heavy atom. The van der Waals surface area contributed by atoms with E-state index >= 15 is 0 Å². The van der Waals surface area contributed by atoms with Gasteiger partial charge in [-0.25, -0.2) is 0 Å². The molecule has 0 unspecified atom stereocenters. The number of aromatic amines is 1. The minimum Gasteiger partial charge on any atom is -0.282 e. The molecule has 2 N–H and O–H groups in total. The number of nitrogens with zero attached hydrogens (tertiary/aromatic N) is 3. The van der Waals surface area contributed by atoms with Gasteiger partial charge in [0.15, 0.2) is 6.04 Å². The normalized spacial score (nSPS) is 21.2. The molecule has 1 aliphatic carbocycles. The van der Waals surface area contributed by atoms with Gasteiger partial charge in [0, 0.05) is 11.3 Å². The molecule has 1 heterocycles. The largest absolute Gasteiger partial charge is 0.282 e. The Labute approximate surface area is 69.4 Å². The van der Waals surface area contributed by atoms with Crippen LogP contribution in [0.25, 0.3) is 0 Å². The molecular weight excluding hydrogens is 154 g/mol. The van der Waals surface area contributed by atoms with Gasteiger partial charge >= 0.3 is 0 Å². The summed E-state index contributed by atoms with van der Waals surface area (Å²) < 4.78 is 0. The lowest BCUT2D eigenvalue weighted by Crippen LogP contribution is -2.06. The van der Waals surface area contributed by atoms with Crippen LogP contribution in [0.3, 0.4) is 0 Å². The van der Waals surface area contributed by atoms with Crippen LogP contribution in [0.1, 0.15) is 30.1 Å². The lowest BCUT2D eigenvalue weighted by molar-refractivity contribution is 0.538. The second-order valence-electron chi connectivity index (χ2n) is 2.93. The molecule has 1 aromatic rings. The van der Waals surface area contributed by atoms with E-state index in [9.17, 15) is 0 Å². The molecule has 2 rings (SSSR count). The maximum atomic E-state index is 6.66. The van der Waals surface area contributed by atoms with Crippen LogP contribution in [0.4, 0.5) is 0 Å². The molecule has 0 saturated heterocycles. The van der Waals surface area contributed by atoms with Gasteiger partial charge in [-0.3, -0.25) is 5.10 Å². The van der Waals surface area contributed by atoms with Crippen molar-refractivity contribution in [2.75, 3.05) is 0 Å². The van der Waals surface area contributed by atoms with Crippen LogP contribution in [0.2, 0.25) is 0 Å². The highest BCUT2D eigenvalue weighted by Crippen LogP contribution is 2.30. The molecule has 1 aromatic heterocycles. The zero-order valence-corrected chi connectivity index (χ0v) is 6.62. The summed E-state index contributed by atoms with van der Waals surface area (Å²) in [5, 5.41) is 10.7. The van der Waals surface area contributed by atoms with E-state index in [1.165, 1.54) is 0 Å². The highest BCUT2D eigenvalue weighted by Gasteiger charge is 2.24. The fourth-order valence-electron chi connectivity index (χ4n) is 1.63. The zero-order valence-electron chi connectivity index (χ0n) is 6.62. The molecule has 0 spiro atoms. The Kier molecular flexibility index (Phi) is 1.72. The minimum absolute atomic E-state index is 0.0602. The Hall–Kier alpha value is -1.48. The monoisotopic (exact) mass is 164 g/mol. The smallest absolute Gasteiger partial charge is 0.214 e. The van der Waals surface area contributed by atoms with Crippen LogP contribution in [-0.4, -0.2) is 10.2 Å². The average Bonchev–Trinajstić information content (AvgIpc) is 2.53. The van der Waals surface area contributed by atoms with Gasteiger partial charge in [0.25, 0.3) is 0 Å². The Balaban J connectivity index is 2.37. The standard InChI is InChI=1S/C7H10N5/c8-12-11-7-3-1-2-6-5(7)4-9-10-6/h4,7-8H,1-3H2,(H,9,10)/q+1/t7-/m0/s1. The van der Waals surface area contributed by atoms with Crippen molar-refractivity contribution in [1.29, 1.82) is 5.53 Å². The van der Waals surface area contributed by atoms with Crippen molar-refractivity contribution in [2.45, 2.75) is 25.3 Å². The van der Waals surface area contributed by atoms with E-state index in [2.05, 4.69) is 20.2 Å². The molecule has 0 fully saturated rings. The van der Waals surface area contributed by atoms with Gasteiger partial charge in [0.05, 0.1) is 6.20 Å². The number of H-pyrrole nitrogens is 1. The number of fused-ring (bicyclic) bond motifs is 1. The number of nitrogens with one attached hydrogen (secondary N) is 2. The lowest BCUT2D eigenvalue weighted by Gasteiger charge is -2.12. The Morgan fingerprint density at radius 2 is 2.67 bits per heavy atom. The van der Waals surface area contributed by atoms with Gasteiger partial charge < -0.3 is 0 Å². The average molecular weight is 164 g/mol. The van der Waals surface area contributed by atoms with Crippen molar-refractivity contribution in [3.8, 4) is 0 Å². The molecular formula is C7H10N5+. The van der Waals surface area contributed by atoms with Crippen LogP contribution >= 0.6 is 0 Å². The van der Waals surface area contributed by atoms with Gasteiger partial charge in [-0.05, 0) is 19.3 Å². The summed E-state index contributed by atoms with van der Waals surface area (Å²) >= 11 is 0. The maximum absolute atomic E-state index is 6.66. The summed E-state index contributed by atoms with van der Waals surface area (Å²) in [7, 11) is 0. The van der Waals surface area contributed by atoms with Crippen molar-refractivity contribution in [1.82, 2.24) is 15.1 Å². The predicted molar refractivity (Wildman–Crippen MR) is 41.5 cm³/mol. The molecule has 0 radical (unpaired) electrons. The number of hydrogen-bond donors (Lipinski definition) is 2. The summed E-state index contributed by atoms with van der Waals surface area (Å²) in [4.78, 5) is 3.07. The molecule has 62 valence electrons. The van der Waals surface area contributed by atoms with Crippen LogP contribution in [0.5, 0.6) is 0 Å². The third kappa shape index (κ3) is 1.04. The Morgan fingerprint density at radius 3 is 3.50 bits per heavy atom. The first kappa shape index (κ1) is 7.18.